The molecule has 0 amide bonds. The van der Waals surface area contributed by atoms with Crippen LogP contribution >= 0.6 is 0 Å². The second kappa shape index (κ2) is 6.72. The zero-order valence-electron chi connectivity index (χ0n) is 19.4. The van der Waals surface area contributed by atoms with Crippen LogP contribution in [0.3, 0.4) is 0 Å². The first kappa shape index (κ1) is 19.9. The lowest BCUT2D eigenvalue weighted by atomic mass is 9.78. The van der Waals surface area contributed by atoms with Crippen LogP contribution in [0.1, 0.15) is 52.7 Å². The molecule has 1 heteroatoms. The summed E-state index contributed by atoms with van der Waals surface area (Å²) >= 11 is 0. The highest BCUT2D eigenvalue weighted by Crippen LogP contribution is 2.40. The SMILES string of the molecule is CC(C)(C)c1cc(-c2cc3[nH]c4ccccc4c3c3ccccc23)cc(C(C)(C)C)c1. The third-order valence-electron chi connectivity index (χ3n) is 6.49. The van der Waals surface area contributed by atoms with Crippen LogP contribution in [0.15, 0.2) is 72.8 Å². The van der Waals surface area contributed by atoms with Crippen LogP contribution < -0.4 is 0 Å². The molecule has 0 saturated heterocycles. The Bertz CT molecular complexity index is 1400. The minimum Gasteiger partial charge on any atom is -0.354 e. The van der Waals surface area contributed by atoms with Crippen molar-refractivity contribution in [2.45, 2.75) is 52.4 Å². The molecule has 5 aromatic rings. The van der Waals surface area contributed by atoms with Crippen molar-refractivity contribution in [3.63, 3.8) is 0 Å². The molecule has 0 unspecified atom stereocenters. The van der Waals surface area contributed by atoms with E-state index in [1.807, 2.05) is 0 Å². The number of hydrogen-bond acceptors (Lipinski definition) is 0. The van der Waals surface area contributed by atoms with E-state index in [0.29, 0.717) is 0 Å². The van der Waals surface area contributed by atoms with Crippen molar-refractivity contribution in [2.24, 2.45) is 0 Å². The highest BCUT2D eigenvalue weighted by Gasteiger charge is 2.22. The maximum absolute atomic E-state index is 3.67. The molecule has 0 aliphatic heterocycles. The van der Waals surface area contributed by atoms with E-state index >= 15 is 0 Å². The number of para-hydroxylation sites is 1. The molecule has 0 atom stereocenters. The van der Waals surface area contributed by atoms with Gasteiger partial charge in [-0.2, -0.15) is 0 Å². The minimum atomic E-state index is 0.0943. The maximum atomic E-state index is 3.67. The van der Waals surface area contributed by atoms with Gasteiger partial charge >= 0.3 is 0 Å². The monoisotopic (exact) mass is 405 g/mol. The third kappa shape index (κ3) is 3.33. The number of rotatable bonds is 1. The van der Waals surface area contributed by atoms with E-state index in [2.05, 4.69) is 119 Å². The van der Waals surface area contributed by atoms with E-state index in [1.165, 1.54) is 54.8 Å². The van der Waals surface area contributed by atoms with E-state index in [0.717, 1.165) is 0 Å². The largest absolute Gasteiger partial charge is 0.354 e. The predicted molar refractivity (Wildman–Crippen MR) is 136 cm³/mol. The zero-order chi connectivity index (χ0) is 22.0. The molecule has 0 aliphatic carbocycles. The van der Waals surface area contributed by atoms with Crippen LogP contribution in [-0.4, -0.2) is 4.98 Å². The molecule has 1 N–H and O–H groups in total. The number of aromatic amines is 1. The van der Waals surface area contributed by atoms with Crippen molar-refractivity contribution in [1.29, 1.82) is 0 Å². The summed E-state index contributed by atoms with van der Waals surface area (Å²) < 4.78 is 0. The van der Waals surface area contributed by atoms with Crippen LogP contribution in [0, 0.1) is 0 Å². The summed E-state index contributed by atoms with van der Waals surface area (Å²) in [6.45, 7) is 13.8. The van der Waals surface area contributed by atoms with Crippen molar-refractivity contribution in [3.05, 3.63) is 83.9 Å². The van der Waals surface area contributed by atoms with E-state index in [9.17, 15) is 0 Å². The van der Waals surface area contributed by atoms with Crippen molar-refractivity contribution < 1.29 is 0 Å². The summed E-state index contributed by atoms with van der Waals surface area (Å²) in [7, 11) is 0. The summed E-state index contributed by atoms with van der Waals surface area (Å²) in [5, 5.41) is 5.23. The zero-order valence-corrected chi connectivity index (χ0v) is 19.4. The predicted octanol–water partition coefficient (Wildman–Crippen LogP) is 8.74. The molecular weight excluding hydrogens is 374 g/mol. The first-order chi connectivity index (χ1) is 14.6. The van der Waals surface area contributed by atoms with Gasteiger partial charge in [-0.3, -0.25) is 0 Å². The van der Waals surface area contributed by atoms with Crippen LogP contribution in [0.4, 0.5) is 0 Å². The molecule has 1 aromatic heterocycles. The topological polar surface area (TPSA) is 15.8 Å². The molecule has 0 radical (unpaired) electrons. The average molecular weight is 406 g/mol. The van der Waals surface area contributed by atoms with Gasteiger partial charge in [0.25, 0.3) is 0 Å². The van der Waals surface area contributed by atoms with E-state index in [4.69, 9.17) is 0 Å². The lowest BCUT2D eigenvalue weighted by molar-refractivity contribution is 0.569. The molecule has 0 fully saturated rings. The summed E-state index contributed by atoms with van der Waals surface area (Å²) in [5.41, 5.74) is 7.95. The standard InChI is InChI=1S/C30H31N/c1-29(2,3)20-15-19(16-21(17-20)30(4,5)6)25-18-27-28(23-12-8-7-11-22(23)25)24-13-9-10-14-26(24)31-27/h7-18,31H,1-6H3. The van der Waals surface area contributed by atoms with Gasteiger partial charge in [-0.05, 0) is 56.0 Å². The fourth-order valence-corrected chi connectivity index (χ4v) is 4.61. The van der Waals surface area contributed by atoms with Crippen LogP contribution in [0.2, 0.25) is 0 Å². The Morgan fingerprint density at radius 3 is 1.71 bits per heavy atom. The van der Waals surface area contributed by atoms with Gasteiger partial charge in [0.2, 0.25) is 0 Å². The summed E-state index contributed by atoms with van der Waals surface area (Å²) in [6.07, 6.45) is 0. The maximum Gasteiger partial charge on any atom is 0.0477 e. The normalized spacial score (nSPS) is 12.8. The summed E-state index contributed by atoms with van der Waals surface area (Å²) in [6, 6.07) is 27.0. The van der Waals surface area contributed by atoms with Crippen LogP contribution in [-0.2, 0) is 10.8 Å². The van der Waals surface area contributed by atoms with Crippen LogP contribution in [0.5, 0.6) is 0 Å². The Morgan fingerprint density at radius 1 is 0.548 bits per heavy atom. The molecule has 0 aliphatic rings. The minimum absolute atomic E-state index is 0.0943. The van der Waals surface area contributed by atoms with Crippen LogP contribution in [0.25, 0.3) is 43.7 Å². The first-order valence-corrected chi connectivity index (χ1v) is 11.2. The number of benzene rings is 4. The fourth-order valence-electron chi connectivity index (χ4n) is 4.61. The molecule has 4 aromatic carbocycles. The average Bonchev–Trinajstić information content (AvgIpc) is 3.10. The highest BCUT2D eigenvalue weighted by atomic mass is 14.7. The number of aromatic nitrogens is 1. The van der Waals surface area contributed by atoms with Gasteiger partial charge in [-0.1, -0.05) is 102 Å². The van der Waals surface area contributed by atoms with E-state index in [-0.39, 0.29) is 10.8 Å². The second-order valence-corrected chi connectivity index (χ2v) is 10.9. The van der Waals surface area contributed by atoms with Gasteiger partial charge in [0.15, 0.2) is 0 Å². The van der Waals surface area contributed by atoms with Crippen molar-refractivity contribution in [1.82, 2.24) is 4.98 Å². The molecule has 1 nitrogen and oxygen atoms in total. The Morgan fingerprint density at radius 2 is 1.10 bits per heavy atom. The van der Waals surface area contributed by atoms with Gasteiger partial charge in [0, 0.05) is 21.8 Å². The molecule has 0 bridgehead atoms. The van der Waals surface area contributed by atoms with Gasteiger partial charge in [-0.15, -0.1) is 0 Å². The molecule has 0 saturated carbocycles. The van der Waals surface area contributed by atoms with Crippen molar-refractivity contribution >= 4 is 32.6 Å². The second-order valence-electron chi connectivity index (χ2n) is 10.9. The quantitative estimate of drug-likeness (QED) is 0.287. The smallest absolute Gasteiger partial charge is 0.0477 e. The summed E-state index contributed by atoms with van der Waals surface area (Å²) in [4.78, 5) is 3.67. The molecule has 31 heavy (non-hydrogen) atoms. The Balaban J connectivity index is 1.90. The molecule has 156 valence electrons. The molecular formula is C30H31N. The lowest BCUT2D eigenvalue weighted by Crippen LogP contribution is -2.16. The Labute approximate surface area is 185 Å². The van der Waals surface area contributed by atoms with Crippen molar-refractivity contribution in [3.8, 4) is 11.1 Å². The number of H-pyrrole nitrogens is 1. The van der Waals surface area contributed by atoms with Crippen molar-refractivity contribution in [2.75, 3.05) is 0 Å². The molecule has 5 rings (SSSR count). The van der Waals surface area contributed by atoms with Gasteiger partial charge in [0.05, 0.1) is 0 Å². The van der Waals surface area contributed by atoms with E-state index in [1.54, 1.807) is 0 Å². The highest BCUT2D eigenvalue weighted by molar-refractivity contribution is 6.23. The van der Waals surface area contributed by atoms with Gasteiger partial charge < -0.3 is 4.98 Å². The first-order valence-electron chi connectivity index (χ1n) is 11.2. The summed E-state index contributed by atoms with van der Waals surface area (Å²) in [5.74, 6) is 0. The van der Waals surface area contributed by atoms with Gasteiger partial charge in [0.1, 0.15) is 0 Å². The Kier molecular flexibility index (Phi) is 4.31. The lowest BCUT2D eigenvalue weighted by Gasteiger charge is -2.26. The van der Waals surface area contributed by atoms with Gasteiger partial charge in [-0.25, -0.2) is 0 Å². The van der Waals surface area contributed by atoms with E-state index < -0.39 is 0 Å². The molecule has 1 heterocycles. The third-order valence-corrected chi connectivity index (χ3v) is 6.49. The molecule has 0 spiro atoms. The number of fused-ring (bicyclic) bond motifs is 5. The number of hydrogen-bond donors (Lipinski definition) is 1. The Hall–Kier alpha value is -3.06. The number of nitrogens with one attached hydrogen (secondary N) is 1. The fraction of sp³-hybridized carbons (Fsp3) is 0.267.